The molecule has 0 saturated carbocycles. The Bertz CT molecular complexity index is 847. The number of halogens is 1. The second kappa shape index (κ2) is 8.05. The second-order valence-electron chi connectivity index (χ2n) is 5.43. The van der Waals surface area contributed by atoms with Gasteiger partial charge in [0.25, 0.3) is 5.91 Å². The molecule has 0 N–H and O–H groups in total. The molecule has 1 amide bonds. The maximum atomic E-state index is 12.3. The van der Waals surface area contributed by atoms with E-state index in [0.717, 1.165) is 16.9 Å². The molecule has 0 unspecified atom stereocenters. The Labute approximate surface area is 165 Å². The van der Waals surface area contributed by atoms with Crippen LogP contribution in [0.4, 0.5) is 0 Å². The van der Waals surface area contributed by atoms with E-state index in [1.807, 2.05) is 30.3 Å². The first-order valence-corrected chi connectivity index (χ1v) is 9.58. The zero-order chi connectivity index (χ0) is 17.8. The first kappa shape index (κ1) is 18.0. The summed E-state index contributed by atoms with van der Waals surface area (Å²) >= 11 is 3.66. The van der Waals surface area contributed by atoms with Gasteiger partial charge < -0.3 is 4.74 Å². The van der Waals surface area contributed by atoms with E-state index < -0.39 is 0 Å². The predicted octanol–water partition coefficient (Wildman–Crippen LogP) is 4.40. The Hall–Kier alpha value is -1.80. The fourth-order valence-electron chi connectivity index (χ4n) is 2.36. The minimum atomic E-state index is -0.0435. The van der Waals surface area contributed by atoms with Gasteiger partial charge in [0.15, 0.2) is 5.17 Å². The molecular formula is C19H17IN2O2S. The summed E-state index contributed by atoms with van der Waals surface area (Å²) in [6, 6.07) is 16.0. The van der Waals surface area contributed by atoms with Crippen molar-refractivity contribution in [2.24, 2.45) is 4.99 Å². The van der Waals surface area contributed by atoms with Crippen LogP contribution >= 0.6 is 34.4 Å². The zero-order valence-corrected chi connectivity index (χ0v) is 16.9. The molecule has 1 saturated heterocycles. The first-order chi connectivity index (χ1) is 12.1. The Morgan fingerprint density at radius 2 is 1.92 bits per heavy atom. The van der Waals surface area contributed by atoms with Crippen LogP contribution in [0.3, 0.4) is 0 Å². The number of ether oxygens (including phenoxy) is 1. The van der Waals surface area contributed by atoms with Crippen LogP contribution in [-0.4, -0.2) is 30.1 Å². The summed E-state index contributed by atoms with van der Waals surface area (Å²) in [6.45, 7) is 0.486. The van der Waals surface area contributed by atoms with E-state index >= 15 is 0 Å². The van der Waals surface area contributed by atoms with Crippen LogP contribution in [0.25, 0.3) is 6.08 Å². The number of likely N-dealkylation sites (N-methyl/N-ethyl adjacent to an activating group) is 1. The Morgan fingerprint density at radius 1 is 1.20 bits per heavy atom. The van der Waals surface area contributed by atoms with Gasteiger partial charge in [-0.2, -0.15) is 0 Å². The zero-order valence-electron chi connectivity index (χ0n) is 13.9. The van der Waals surface area contributed by atoms with Gasteiger partial charge in [0.05, 0.1) is 4.91 Å². The topological polar surface area (TPSA) is 41.9 Å². The highest BCUT2D eigenvalue weighted by molar-refractivity contribution is 14.1. The van der Waals surface area contributed by atoms with Crippen LogP contribution in [0.15, 0.2) is 58.4 Å². The molecule has 0 aliphatic carbocycles. The summed E-state index contributed by atoms with van der Waals surface area (Å²) in [4.78, 5) is 18.7. The quantitative estimate of drug-likeness (QED) is 0.498. The lowest BCUT2D eigenvalue weighted by molar-refractivity contribution is -0.121. The van der Waals surface area contributed by atoms with Crippen molar-refractivity contribution in [3.05, 3.63) is 68.1 Å². The summed E-state index contributed by atoms with van der Waals surface area (Å²) in [5.41, 5.74) is 1.99. The molecule has 6 heteroatoms. The molecule has 0 spiro atoms. The third kappa shape index (κ3) is 4.24. The molecule has 0 atom stereocenters. The van der Waals surface area contributed by atoms with Crippen molar-refractivity contribution in [3.8, 4) is 5.75 Å². The number of rotatable bonds is 4. The number of hydrogen-bond acceptors (Lipinski definition) is 4. The van der Waals surface area contributed by atoms with Crippen molar-refractivity contribution in [1.29, 1.82) is 0 Å². The van der Waals surface area contributed by atoms with Gasteiger partial charge in [0.2, 0.25) is 0 Å². The maximum absolute atomic E-state index is 12.3. The molecule has 4 nitrogen and oxygen atoms in total. The highest BCUT2D eigenvalue weighted by Gasteiger charge is 2.29. The van der Waals surface area contributed by atoms with E-state index in [0.29, 0.717) is 16.7 Å². The maximum Gasteiger partial charge on any atom is 0.266 e. The number of amides is 1. The number of hydrogen-bond donors (Lipinski definition) is 0. The molecule has 1 fully saturated rings. The van der Waals surface area contributed by atoms with Crippen molar-refractivity contribution in [2.75, 3.05) is 14.1 Å². The summed E-state index contributed by atoms with van der Waals surface area (Å²) in [6.07, 6.45) is 1.87. The minimum absolute atomic E-state index is 0.0435. The van der Waals surface area contributed by atoms with Crippen LogP contribution in [-0.2, 0) is 11.4 Å². The van der Waals surface area contributed by atoms with Crippen LogP contribution < -0.4 is 4.74 Å². The molecule has 3 rings (SSSR count). The van der Waals surface area contributed by atoms with E-state index in [-0.39, 0.29) is 5.91 Å². The Kier molecular flexibility index (Phi) is 5.80. The van der Waals surface area contributed by atoms with Gasteiger partial charge in [0, 0.05) is 23.2 Å². The molecule has 1 heterocycles. The van der Waals surface area contributed by atoms with Crippen molar-refractivity contribution in [2.45, 2.75) is 6.61 Å². The lowest BCUT2D eigenvalue weighted by Gasteiger charge is -2.10. The number of thioether (sulfide) groups is 1. The molecule has 1 aliphatic rings. The van der Waals surface area contributed by atoms with Crippen molar-refractivity contribution in [3.63, 3.8) is 0 Å². The molecule has 2 aromatic rings. The SMILES string of the molecule is CN=C1SC(=Cc2ccccc2OCc2ccc(I)cc2)C(=O)N1C. The standard InChI is InChI=1S/C19H17IN2O2S/c1-21-19-22(2)18(23)17(25-19)11-14-5-3-4-6-16(14)24-12-13-7-9-15(20)10-8-13/h3-11H,12H2,1-2H3. The molecule has 128 valence electrons. The number of nitrogens with zero attached hydrogens (tertiary/aromatic N) is 2. The highest BCUT2D eigenvalue weighted by Crippen LogP contribution is 2.33. The van der Waals surface area contributed by atoms with Gasteiger partial charge in [-0.05, 0) is 64.2 Å². The molecule has 25 heavy (non-hydrogen) atoms. The Morgan fingerprint density at radius 3 is 2.60 bits per heavy atom. The number of para-hydroxylation sites is 1. The van der Waals surface area contributed by atoms with E-state index in [4.69, 9.17) is 4.74 Å². The smallest absolute Gasteiger partial charge is 0.266 e. The average molecular weight is 464 g/mol. The van der Waals surface area contributed by atoms with E-state index in [1.54, 1.807) is 19.0 Å². The number of aliphatic imine (C=N–C) groups is 1. The molecule has 0 radical (unpaired) electrons. The van der Waals surface area contributed by atoms with Gasteiger partial charge in [-0.1, -0.05) is 30.3 Å². The van der Waals surface area contributed by atoms with Crippen molar-refractivity contribution < 1.29 is 9.53 Å². The summed E-state index contributed by atoms with van der Waals surface area (Å²) in [7, 11) is 3.42. The number of carbonyl (C=O) groups excluding carboxylic acids is 1. The Balaban J connectivity index is 1.80. The van der Waals surface area contributed by atoms with E-state index in [1.165, 1.54) is 15.3 Å². The van der Waals surface area contributed by atoms with Crippen LogP contribution in [0.5, 0.6) is 5.75 Å². The van der Waals surface area contributed by atoms with Gasteiger partial charge in [0.1, 0.15) is 12.4 Å². The van der Waals surface area contributed by atoms with Gasteiger partial charge >= 0.3 is 0 Å². The predicted molar refractivity (Wildman–Crippen MR) is 112 cm³/mol. The first-order valence-electron chi connectivity index (χ1n) is 7.69. The monoisotopic (exact) mass is 464 g/mol. The van der Waals surface area contributed by atoms with Crippen LogP contribution in [0.2, 0.25) is 0 Å². The molecule has 2 aromatic carbocycles. The molecule has 0 bridgehead atoms. The van der Waals surface area contributed by atoms with E-state index in [2.05, 4.69) is 51.8 Å². The number of amidine groups is 1. The van der Waals surface area contributed by atoms with Crippen molar-refractivity contribution >= 4 is 51.5 Å². The fraction of sp³-hybridized carbons (Fsp3) is 0.158. The molecule has 0 aromatic heterocycles. The van der Waals surface area contributed by atoms with Crippen LogP contribution in [0, 0.1) is 3.57 Å². The molecular weight excluding hydrogens is 447 g/mol. The van der Waals surface area contributed by atoms with Crippen LogP contribution in [0.1, 0.15) is 11.1 Å². The minimum Gasteiger partial charge on any atom is -0.488 e. The normalized spacial score (nSPS) is 17.6. The highest BCUT2D eigenvalue weighted by atomic mass is 127. The number of benzene rings is 2. The third-order valence-corrected chi connectivity index (χ3v) is 5.58. The molecule has 1 aliphatic heterocycles. The largest absolute Gasteiger partial charge is 0.488 e. The lowest BCUT2D eigenvalue weighted by Crippen LogP contribution is -2.23. The lowest BCUT2D eigenvalue weighted by atomic mass is 10.2. The summed E-state index contributed by atoms with van der Waals surface area (Å²) in [5.74, 6) is 0.713. The second-order valence-corrected chi connectivity index (χ2v) is 7.69. The van der Waals surface area contributed by atoms with Gasteiger partial charge in [-0.3, -0.25) is 14.7 Å². The number of carbonyl (C=O) groups is 1. The third-order valence-electron chi connectivity index (χ3n) is 3.71. The van der Waals surface area contributed by atoms with Crippen molar-refractivity contribution in [1.82, 2.24) is 4.90 Å². The fourth-order valence-corrected chi connectivity index (χ4v) is 3.64. The van der Waals surface area contributed by atoms with E-state index in [9.17, 15) is 4.79 Å². The van der Waals surface area contributed by atoms with Gasteiger partial charge in [-0.25, -0.2) is 0 Å². The summed E-state index contributed by atoms with van der Waals surface area (Å²) < 4.78 is 7.17. The average Bonchev–Trinajstić information content (AvgIpc) is 2.90. The van der Waals surface area contributed by atoms with Gasteiger partial charge in [-0.15, -0.1) is 0 Å². The summed E-state index contributed by atoms with van der Waals surface area (Å²) in [5, 5.41) is 0.702.